The van der Waals surface area contributed by atoms with E-state index in [0.717, 1.165) is 5.92 Å². The van der Waals surface area contributed by atoms with E-state index in [9.17, 15) is 0 Å². The summed E-state index contributed by atoms with van der Waals surface area (Å²) in [6.07, 6.45) is 18.3. The Labute approximate surface area is 132 Å². The molecule has 0 bridgehead atoms. The Morgan fingerprint density at radius 3 is 1.55 bits per heavy atom. The van der Waals surface area contributed by atoms with Crippen LogP contribution >= 0.6 is 9.24 Å². The molecule has 0 heterocycles. The van der Waals surface area contributed by atoms with Gasteiger partial charge in [-0.05, 0) is 36.8 Å². The van der Waals surface area contributed by atoms with Gasteiger partial charge in [0.1, 0.15) is 0 Å². The van der Waals surface area contributed by atoms with Crippen molar-refractivity contribution >= 4 is 9.24 Å². The molecule has 20 heavy (non-hydrogen) atoms. The first-order valence-electron chi connectivity index (χ1n) is 9.43. The van der Waals surface area contributed by atoms with Crippen molar-refractivity contribution in [3.63, 3.8) is 0 Å². The van der Waals surface area contributed by atoms with Crippen LogP contribution in [-0.4, -0.2) is 5.16 Å². The molecule has 0 rings (SSSR count). The van der Waals surface area contributed by atoms with Gasteiger partial charge in [-0.2, -0.15) is 0 Å². The Morgan fingerprint density at radius 1 is 0.650 bits per heavy atom. The summed E-state index contributed by atoms with van der Waals surface area (Å²) in [5, 5.41) is 0.537. The van der Waals surface area contributed by atoms with Crippen molar-refractivity contribution in [2.75, 3.05) is 0 Å². The third-order valence-corrected chi connectivity index (χ3v) is 5.90. The van der Waals surface area contributed by atoms with E-state index in [4.69, 9.17) is 0 Å². The fourth-order valence-electron chi connectivity index (χ4n) is 3.46. The Morgan fingerprint density at radius 2 is 1.15 bits per heavy atom. The molecule has 0 N–H and O–H groups in total. The van der Waals surface area contributed by atoms with Crippen LogP contribution in [0, 0.1) is 5.92 Å². The first kappa shape index (κ1) is 20.4. The predicted octanol–water partition coefficient (Wildman–Crippen LogP) is 7.37. The van der Waals surface area contributed by atoms with Gasteiger partial charge < -0.3 is 0 Å². The third-order valence-electron chi connectivity index (χ3n) is 4.85. The van der Waals surface area contributed by atoms with Crippen LogP contribution in [0.15, 0.2) is 0 Å². The molecule has 2 atom stereocenters. The minimum absolute atomic E-state index is 0.537. The quantitative estimate of drug-likeness (QED) is 0.232. The Kier molecular flexibility index (Phi) is 13.4. The van der Waals surface area contributed by atoms with Crippen LogP contribution in [-0.2, 0) is 0 Å². The zero-order chi connectivity index (χ0) is 15.3. The molecule has 0 saturated carbocycles. The van der Waals surface area contributed by atoms with Crippen LogP contribution in [0.25, 0.3) is 0 Å². The molecule has 0 aromatic rings. The normalized spacial score (nSPS) is 13.7. The highest BCUT2D eigenvalue weighted by molar-refractivity contribution is 7.19. The second-order valence-corrected chi connectivity index (χ2v) is 7.93. The Balaban J connectivity index is 4.61. The van der Waals surface area contributed by atoms with Crippen LogP contribution in [0.3, 0.4) is 0 Å². The lowest BCUT2D eigenvalue weighted by Crippen LogP contribution is -2.32. The molecule has 0 aliphatic rings. The zero-order valence-corrected chi connectivity index (χ0v) is 16.0. The van der Waals surface area contributed by atoms with Gasteiger partial charge >= 0.3 is 0 Å². The maximum absolute atomic E-state index is 3.34. The molecule has 0 aromatic carbocycles. The second-order valence-electron chi connectivity index (χ2n) is 6.78. The predicted molar refractivity (Wildman–Crippen MR) is 98.6 cm³/mol. The molecule has 0 fully saturated rings. The van der Waals surface area contributed by atoms with Gasteiger partial charge in [-0.3, -0.25) is 0 Å². The SMILES string of the molecule is CCCCCC(P)(CCCCC)C(CCC)CCCC. The lowest BCUT2D eigenvalue weighted by atomic mass is 9.77. The summed E-state index contributed by atoms with van der Waals surface area (Å²) in [7, 11) is 3.34. The van der Waals surface area contributed by atoms with E-state index in [2.05, 4.69) is 36.9 Å². The fourth-order valence-corrected chi connectivity index (χ4v) is 4.20. The molecule has 0 spiro atoms. The van der Waals surface area contributed by atoms with E-state index in [0.29, 0.717) is 5.16 Å². The summed E-state index contributed by atoms with van der Waals surface area (Å²) >= 11 is 0. The Hall–Kier alpha value is 0.430. The van der Waals surface area contributed by atoms with Crippen molar-refractivity contribution in [3.05, 3.63) is 0 Å². The van der Waals surface area contributed by atoms with Crippen molar-refractivity contribution in [2.24, 2.45) is 5.92 Å². The van der Waals surface area contributed by atoms with Gasteiger partial charge in [-0.15, -0.1) is 9.24 Å². The molecule has 0 radical (unpaired) electrons. The fraction of sp³-hybridized carbons (Fsp3) is 1.00. The summed E-state index contributed by atoms with van der Waals surface area (Å²) in [6, 6.07) is 0. The van der Waals surface area contributed by atoms with Crippen LogP contribution in [0.1, 0.15) is 111 Å². The minimum Gasteiger partial charge on any atom is -0.131 e. The highest BCUT2D eigenvalue weighted by Gasteiger charge is 2.32. The topological polar surface area (TPSA) is 0 Å². The summed E-state index contributed by atoms with van der Waals surface area (Å²) in [5.74, 6) is 0.936. The van der Waals surface area contributed by atoms with Crippen LogP contribution in [0.5, 0.6) is 0 Å². The number of unbranched alkanes of at least 4 members (excludes halogenated alkanes) is 5. The van der Waals surface area contributed by atoms with Crippen molar-refractivity contribution in [1.29, 1.82) is 0 Å². The third kappa shape index (κ3) is 8.66. The van der Waals surface area contributed by atoms with Crippen LogP contribution in [0.4, 0.5) is 0 Å². The number of hydrogen-bond acceptors (Lipinski definition) is 0. The summed E-state index contributed by atoms with van der Waals surface area (Å²) < 4.78 is 0. The van der Waals surface area contributed by atoms with Crippen molar-refractivity contribution in [1.82, 2.24) is 0 Å². The monoisotopic (exact) mass is 300 g/mol. The van der Waals surface area contributed by atoms with Crippen LogP contribution in [0.2, 0.25) is 0 Å². The zero-order valence-electron chi connectivity index (χ0n) is 14.8. The first-order chi connectivity index (χ1) is 9.64. The average Bonchev–Trinajstić information content (AvgIpc) is 2.44. The molecular weight excluding hydrogens is 259 g/mol. The van der Waals surface area contributed by atoms with Crippen molar-refractivity contribution in [3.8, 4) is 0 Å². The first-order valence-corrected chi connectivity index (χ1v) is 10.0. The van der Waals surface area contributed by atoms with Gasteiger partial charge in [0.05, 0.1) is 0 Å². The van der Waals surface area contributed by atoms with E-state index >= 15 is 0 Å². The maximum atomic E-state index is 3.34. The van der Waals surface area contributed by atoms with Crippen LogP contribution < -0.4 is 0 Å². The molecule has 2 unspecified atom stereocenters. The summed E-state index contributed by atoms with van der Waals surface area (Å²) in [5.41, 5.74) is 0. The van der Waals surface area contributed by atoms with E-state index in [-0.39, 0.29) is 0 Å². The molecule has 0 aliphatic carbocycles. The second kappa shape index (κ2) is 13.1. The summed E-state index contributed by atoms with van der Waals surface area (Å²) in [4.78, 5) is 0. The highest BCUT2D eigenvalue weighted by Crippen LogP contribution is 2.43. The van der Waals surface area contributed by atoms with Gasteiger partial charge in [-0.1, -0.05) is 85.5 Å². The minimum atomic E-state index is 0.537. The standard InChI is InChI=1S/C19H41P/c1-5-9-12-16-19(20,17-13-10-6-2)18(14-8-4)15-11-7-3/h18H,5-17,20H2,1-4H3. The van der Waals surface area contributed by atoms with Gasteiger partial charge in [-0.25, -0.2) is 0 Å². The smallest absolute Gasteiger partial charge is 0.0122 e. The molecule has 0 saturated heterocycles. The molecular formula is C19H41P. The Bertz CT molecular complexity index is 190. The highest BCUT2D eigenvalue weighted by atomic mass is 31.0. The van der Waals surface area contributed by atoms with Gasteiger partial charge in [0.2, 0.25) is 0 Å². The molecule has 0 nitrogen and oxygen atoms in total. The number of hydrogen-bond donors (Lipinski definition) is 0. The van der Waals surface area contributed by atoms with Gasteiger partial charge in [0, 0.05) is 0 Å². The van der Waals surface area contributed by atoms with E-state index in [1.807, 2.05) is 0 Å². The average molecular weight is 301 g/mol. The van der Waals surface area contributed by atoms with E-state index in [1.54, 1.807) is 0 Å². The number of rotatable bonds is 14. The van der Waals surface area contributed by atoms with E-state index < -0.39 is 0 Å². The van der Waals surface area contributed by atoms with Crippen molar-refractivity contribution in [2.45, 2.75) is 116 Å². The molecule has 0 aliphatic heterocycles. The van der Waals surface area contributed by atoms with Crippen molar-refractivity contribution < 1.29 is 0 Å². The maximum Gasteiger partial charge on any atom is -0.0122 e. The van der Waals surface area contributed by atoms with E-state index in [1.165, 1.54) is 83.5 Å². The van der Waals surface area contributed by atoms with Gasteiger partial charge in [0.25, 0.3) is 0 Å². The summed E-state index contributed by atoms with van der Waals surface area (Å²) in [6.45, 7) is 9.34. The molecule has 0 amide bonds. The lowest BCUT2D eigenvalue weighted by Gasteiger charge is -2.38. The molecule has 1 heteroatoms. The molecule has 0 aromatic heterocycles. The largest absolute Gasteiger partial charge is 0.131 e. The molecule has 122 valence electrons. The van der Waals surface area contributed by atoms with Gasteiger partial charge in [0.15, 0.2) is 0 Å². The lowest BCUT2D eigenvalue weighted by molar-refractivity contribution is 0.278.